The highest BCUT2D eigenvalue weighted by molar-refractivity contribution is 5.43. The molecule has 82 valence electrons. The predicted octanol–water partition coefficient (Wildman–Crippen LogP) is 1.29. The lowest BCUT2D eigenvalue weighted by Crippen LogP contribution is -2.37. The summed E-state index contributed by atoms with van der Waals surface area (Å²) in [6.07, 6.45) is 6.61. The average molecular weight is 206 g/mol. The van der Waals surface area contributed by atoms with Gasteiger partial charge >= 0.3 is 0 Å². The molecule has 0 radical (unpaired) electrons. The lowest BCUT2D eigenvalue weighted by atomic mass is 10.0. The van der Waals surface area contributed by atoms with Gasteiger partial charge in [0.2, 0.25) is 0 Å². The van der Waals surface area contributed by atoms with E-state index in [2.05, 4.69) is 15.1 Å². The number of aromatic nitrogens is 2. The van der Waals surface area contributed by atoms with Crippen LogP contribution >= 0.6 is 0 Å². The molecular formula is C11H18N4. The van der Waals surface area contributed by atoms with E-state index in [1.807, 2.05) is 0 Å². The number of rotatable bonds is 1. The normalized spacial score (nSPS) is 23.2. The van der Waals surface area contributed by atoms with Crippen LogP contribution in [-0.4, -0.2) is 27.7 Å². The number of nitrogen functional groups attached to an aromatic ring is 1. The second kappa shape index (κ2) is 3.52. The lowest BCUT2D eigenvalue weighted by molar-refractivity contribution is 0.181. The molecule has 15 heavy (non-hydrogen) atoms. The maximum absolute atomic E-state index is 5.85. The minimum atomic E-state index is 0.702. The number of nitrogens with one attached hydrogen (secondary N) is 1. The van der Waals surface area contributed by atoms with Crippen molar-refractivity contribution in [3.05, 3.63) is 11.3 Å². The molecule has 0 amide bonds. The van der Waals surface area contributed by atoms with Crippen LogP contribution in [0, 0.1) is 0 Å². The van der Waals surface area contributed by atoms with Crippen molar-refractivity contribution in [1.29, 1.82) is 0 Å². The Morgan fingerprint density at radius 3 is 2.93 bits per heavy atom. The monoisotopic (exact) mass is 206 g/mol. The minimum absolute atomic E-state index is 0.702. The van der Waals surface area contributed by atoms with Crippen LogP contribution in [0.5, 0.6) is 0 Å². The molecule has 3 N–H and O–H groups in total. The molecule has 0 saturated heterocycles. The number of anilines is 1. The smallest absolute Gasteiger partial charge is 0.149 e. The van der Waals surface area contributed by atoms with Gasteiger partial charge in [-0.15, -0.1) is 0 Å². The van der Waals surface area contributed by atoms with Crippen LogP contribution in [0.15, 0.2) is 0 Å². The number of nitrogens with two attached hydrogens (primary N) is 1. The van der Waals surface area contributed by atoms with Crippen molar-refractivity contribution in [2.45, 2.75) is 44.7 Å². The van der Waals surface area contributed by atoms with Crippen molar-refractivity contribution in [3.8, 4) is 0 Å². The number of fused-ring (bicyclic) bond motifs is 1. The summed E-state index contributed by atoms with van der Waals surface area (Å²) in [6.45, 7) is 2.17. The van der Waals surface area contributed by atoms with E-state index in [0.29, 0.717) is 5.82 Å². The summed E-state index contributed by atoms with van der Waals surface area (Å²) < 4.78 is 0. The van der Waals surface area contributed by atoms with Crippen LogP contribution in [0.2, 0.25) is 0 Å². The van der Waals surface area contributed by atoms with E-state index in [9.17, 15) is 0 Å². The van der Waals surface area contributed by atoms with Crippen LogP contribution in [0.1, 0.15) is 36.9 Å². The van der Waals surface area contributed by atoms with Gasteiger partial charge in [0, 0.05) is 36.8 Å². The summed E-state index contributed by atoms with van der Waals surface area (Å²) in [7, 11) is 0. The molecule has 0 spiro atoms. The van der Waals surface area contributed by atoms with Crippen molar-refractivity contribution in [2.24, 2.45) is 0 Å². The van der Waals surface area contributed by atoms with Gasteiger partial charge < -0.3 is 5.73 Å². The molecule has 1 fully saturated rings. The fourth-order valence-electron chi connectivity index (χ4n) is 2.92. The molecule has 4 nitrogen and oxygen atoms in total. The van der Waals surface area contributed by atoms with E-state index in [1.165, 1.54) is 43.5 Å². The number of H-pyrrole nitrogens is 1. The van der Waals surface area contributed by atoms with Crippen molar-refractivity contribution < 1.29 is 0 Å². The number of hydrogen-bond donors (Lipinski definition) is 2. The molecule has 1 aromatic rings. The summed E-state index contributed by atoms with van der Waals surface area (Å²) >= 11 is 0. The lowest BCUT2D eigenvalue weighted by Gasteiger charge is -2.31. The third-order valence-corrected chi connectivity index (χ3v) is 3.84. The zero-order valence-electron chi connectivity index (χ0n) is 9.00. The molecule has 1 aromatic heterocycles. The van der Waals surface area contributed by atoms with Gasteiger partial charge in [0.1, 0.15) is 5.82 Å². The van der Waals surface area contributed by atoms with Crippen molar-refractivity contribution in [3.63, 3.8) is 0 Å². The fraction of sp³-hybridized carbons (Fsp3) is 0.727. The molecule has 0 unspecified atom stereocenters. The third kappa shape index (κ3) is 1.53. The predicted molar refractivity (Wildman–Crippen MR) is 59.4 cm³/mol. The molecule has 2 aliphatic rings. The van der Waals surface area contributed by atoms with Crippen LogP contribution in [0.4, 0.5) is 5.82 Å². The summed E-state index contributed by atoms with van der Waals surface area (Å²) in [4.78, 5) is 2.58. The van der Waals surface area contributed by atoms with Gasteiger partial charge in [0.25, 0.3) is 0 Å². The van der Waals surface area contributed by atoms with Crippen LogP contribution < -0.4 is 5.73 Å². The average Bonchev–Trinajstić information content (AvgIpc) is 2.88. The first-order valence-electron chi connectivity index (χ1n) is 5.90. The highest BCUT2D eigenvalue weighted by atomic mass is 15.2. The molecule has 1 aliphatic heterocycles. The molecular weight excluding hydrogens is 188 g/mol. The van der Waals surface area contributed by atoms with E-state index in [-0.39, 0.29) is 0 Å². The highest BCUT2D eigenvalue weighted by Crippen LogP contribution is 2.29. The summed E-state index contributed by atoms with van der Waals surface area (Å²) in [6, 6.07) is 0.799. The molecule has 2 heterocycles. The number of hydrogen-bond acceptors (Lipinski definition) is 3. The van der Waals surface area contributed by atoms with Crippen molar-refractivity contribution in [1.82, 2.24) is 15.1 Å². The molecule has 0 bridgehead atoms. The fourth-order valence-corrected chi connectivity index (χ4v) is 2.92. The van der Waals surface area contributed by atoms with Crippen molar-refractivity contribution >= 4 is 5.82 Å². The van der Waals surface area contributed by atoms with E-state index < -0.39 is 0 Å². The Labute approximate surface area is 89.8 Å². The Morgan fingerprint density at radius 1 is 1.33 bits per heavy atom. The number of nitrogens with zero attached hydrogens (tertiary/aromatic N) is 2. The van der Waals surface area contributed by atoms with E-state index in [0.717, 1.165) is 19.0 Å². The zero-order valence-corrected chi connectivity index (χ0v) is 9.00. The maximum Gasteiger partial charge on any atom is 0.149 e. The van der Waals surface area contributed by atoms with Gasteiger partial charge in [-0.05, 0) is 12.8 Å². The van der Waals surface area contributed by atoms with E-state index >= 15 is 0 Å². The molecule has 0 atom stereocenters. The summed E-state index contributed by atoms with van der Waals surface area (Å²) in [5, 5.41) is 7.12. The first-order chi connectivity index (χ1) is 7.34. The van der Waals surface area contributed by atoms with Gasteiger partial charge in [0.15, 0.2) is 0 Å². The Hall–Kier alpha value is -1.03. The second-order valence-electron chi connectivity index (χ2n) is 4.72. The zero-order chi connectivity index (χ0) is 10.3. The van der Waals surface area contributed by atoms with E-state index in [1.54, 1.807) is 0 Å². The Balaban J connectivity index is 1.78. The van der Waals surface area contributed by atoms with Gasteiger partial charge in [-0.2, -0.15) is 5.10 Å². The number of aromatic amines is 1. The largest absolute Gasteiger partial charge is 0.382 e. The molecule has 0 aromatic carbocycles. The van der Waals surface area contributed by atoms with Gasteiger partial charge in [0.05, 0.1) is 0 Å². The van der Waals surface area contributed by atoms with Crippen molar-refractivity contribution in [2.75, 3.05) is 12.3 Å². The standard InChI is InChI=1S/C11H18N4/c12-11-9-7-15(8-3-1-2-4-8)6-5-10(9)13-14-11/h8H,1-7H2,(H3,12,13,14). The summed E-state index contributed by atoms with van der Waals surface area (Å²) in [5.41, 5.74) is 8.35. The first-order valence-corrected chi connectivity index (χ1v) is 5.90. The van der Waals surface area contributed by atoms with Gasteiger partial charge in [-0.25, -0.2) is 0 Å². The van der Waals surface area contributed by atoms with Crippen LogP contribution in [0.25, 0.3) is 0 Å². The summed E-state index contributed by atoms with van der Waals surface area (Å²) in [5.74, 6) is 0.702. The van der Waals surface area contributed by atoms with Gasteiger partial charge in [-0.3, -0.25) is 10.00 Å². The Morgan fingerprint density at radius 2 is 2.13 bits per heavy atom. The highest BCUT2D eigenvalue weighted by Gasteiger charge is 2.27. The van der Waals surface area contributed by atoms with E-state index in [4.69, 9.17) is 5.73 Å². The van der Waals surface area contributed by atoms with Crippen LogP contribution in [-0.2, 0) is 13.0 Å². The van der Waals surface area contributed by atoms with Gasteiger partial charge in [-0.1, -0.05) is 12.8 Å². The first kappa shape index (κ1) is 9.21. The SMILES string of the molecule is Nc1n[nH]c2c1CN(C1CCCC1)CC2. The third-order valence-electron chi connectivity index (χ3n) is 3.84. The van der Waals surface area contributed by atoms with Crippen LogP contribution in [0.3, 0.4) is 0 Å². The second-order valence-corrected chi connectivity index (χ2v) is 4.72. The Bertz CT molecular complexity index is 351. The molecule has 1 aliphatic carbocycles. The molecule has 3 rings (SSSR count). The minimum Gasteiger partial charge on any atom is -0.382 e. The maximum atomic E-state index is 5.85. The topological polar surface area (TPSA) is 57.9 Å². The molecule has 1 saturated carbocycles. The molecule has 4 heteroatoms. The quantitative estimate of drug-likeness (QED) is 0.728. The Kier molecular flexibility index (Phi) is 2.16.